The van der Waals surface area contributed by atoms with Crippen molar-refractivity contribution in [2.45, 2.75) is 62.1 Å². The summed E-state index contributed by atoms with van der Waals surface area (Å²) < 4.78 is 30.0. The lowest BCUT2D eigenvalue weighted by Gasteiger charge is -2.56. The number of anilines is 1. The number of aromatic hydroxyl groups is 2. The van der Waals surface area contributed by atoms with Crippen molar-refractivity contribution in [2.24, 2.45) is 5.92 Å². The van der Waals surface area contributed by atoms with E-state index < -0.39 is 64.6 Å². The van der Waals surface area contributed by atoms with Crippen molar-refractivity contribution in [2.75, 3.05) is 25.6 Å². The standard InChI is InChI=1S/C42H44N4O13/c1-2-21-13-22(15-25(47)14-21)19-56-36-32(58-40-41(53)11-9-27(28-18-44-20-45-28)42(54,39(41)52)37(59-40)38(50)51)17-31-34(35(36)49)29(48)16-30(57-31)23-3-6-26(7-4-23)55-12-10-24-5-8-33(43)46-24/h3-9,11,13-17,27-28,37,39-40,44-47,49,52-54H,2,10,12,18-20,43H2,1H3,(H,50,51). The van der Waals surface area contributed by atoms with Gasteiger partial charge in [0.1, 0.15) is 52.4 Å². The lowest BCUT2D eigenvalue weighted by atomic mass is 9.63. The zero-order chi connectivity index (χ0) is 41.6. The number of aromatic nitrogens is 1. The molecule has 2 aromatic heterocycles. The quantitative estimate of drug-likeness (QED) is 0.0764. The zero-order valence-corrected chi connectivity index (χ0v) is 31.8. The van der Waals surface area contributed by atoms with Crippen LogP contribution >= 0.6 is 0 Å². The second-order valence-electron chi connectivity index (χ2n) is 14.9. The minimum Gasteiger partial charge on any atom is -0.508 e. The molecule has 2 saturated heterocycles. The Bertz CT molecular complexity index is 2460. The molecule has 2 aliphatic heterocycles. The van der Waals surface area contributed by atoms with Crippen molar-refractivity contribution in [1.82, 2.24) is 15.6 Å². The number of H-pyrrole nitrogens is 1. The first-order valence-electron chi connectivity index (χ1n) is 19.0. The summed E-state index contributed by atoms with van der Waals surface area (Å²) in [4.78, 5) is 29.5. The molecule has 7 atom stereocenters. The molecule has 2 fully saturated rings. The zero-order valence-electron chi connectivity index (χ0n) is 31.8. The van der Waals surface area contributed by atoms with E-state index in [1.807, 2.05) is 13.0 Å². The van der Waals surface area contributed by atoms with Crippen LogP contribution in [0, 0.1) is 5.92 Å². The van der Waals surface area contributed by atoms with Crippen LogP contribution in [0.2, 0.25) is 0 Å². The second-order valence-corrected chi connectivity index (χ2v) is 14.9. The highest BCUT2D eigenvalue weighted by molar-refractivity contribution is 5.89. The Balaban J connectivity index is 1.16. The molecule has 7 unspecified atom stereocenters. The van der Waals surface area contributed by atoms with Crippen molar-refractivity contribution in [1.29, 1.82) is 0 Å². The summed E-state index contributed by atoms with van der Waals surface area (Å²) in [5.74, 6) is -2.96. The monoisotopic (exact) mass is 812 g/mol. The van der Waals surface area contributed by atoms with Gasteiger partial charge in [-0.2, -0.15) is 0 Å². The van der Waals surface area contributed by atoms with Crippen molar-refractivity contribution in [3.05, 3.63) is 106 Å². The summed E-state index contributed by atoms with van der Waals surface area (Å²) in [5.41, 5.74) is 2.55. The van der Waals surface area contributed by atoms with E-state index in [4.69, 9.17) is 29.1 Å². The molecule has 0 saturated carbocycles. The van der Waals surface area contributed by atoms with E-state index in [0.717, 1.165) is 11.3 Å². The van der Waals surface area contributed by atoms with Gasteiger partial charge in [-0.3, -0.25) is 10.1 Å². The number of phenolic OH excluding ortho intramolecular Hbond substituents is 2. The van der Waals surface area contributed by atoms with Crippen LogP contribution in [0.4, 0.5) is 5.82 Å². The van der Waals surface area contributed by atoms with Crippen LogP contribution in [0.5, 0.6) is 28.7 Å². The van der Waals surface area contributed by atoms with Gasteiger partial charge in [-0.05, 0) is 72.2 Å². The van der Waals surface area contributed by atoms with Crippen LogP contribution in [-0.2, 0) is 29.0 Å². The fourth-order valence-corrected chi connectivity index (χ4v) is 8.05. The Morgan fingerprint density at radius 3 is 2.49 bits per heavy atom. The fraction of sp³-hybridized carbons (Fsp3) is 0.333. The number of hydrogen-bond donors (Lipinski definition) is 10. The maximum Gasteiger partial charge on any atom is 0.336 e. The minimum atomic E-state index is -2.53. The SMILES string of the molecule is CCc1cc(O)cc(COc2c(OC3OC(C(=O)O)C4(O)C(C5CNCN5)C=CC3(O)C4O)cc3oc(-c4ccc(OCCc5ccc(N)[nH]5)cc4)cc(=O)c3c2O)c1. The van der Waals surface area contributed by atoms with Crippen LogP contribution in [0.1, 0.15) is 23.7 Å². The predicted octanol–water partition coefficient (Wildman–Crippen LogP) is 2.26. The van der Waals surface area contributed by atoms with Crippen LogP contribution in [0.25, 0.3) is 22.3 Å². The van der Waals surface area contributed by atoms with Crippen LogP contribution in [-0.4, -0.2) is 97.2 Å². The molecule has 8 rings (SSSR count). The molecule has 11 N–H and O–H groups in total. The van der Waals surface area contributed by atoms with Crippen molar-refractivity contribution in [3.63, 3.8) is 0 Å². The molecule has 0 spiro atoms. The van der Waals surface area contributed by atoms with Crippen LogP contribution < -0.4 is 36.0 Å². The number of rotatable bonds is 13. The Morgan fingerprint density at radius 1 is 1.02 bits per heavy atom. The molecule has 3 aromatic carbocycles. The van der Waals surface area contributed by atoms with E-state index in [0.29, 0.717) is 55.4 Å². The molecule has 3 aliphatic rings. The molecule has 5 aromatic rings. The number of aliphatic hydroxyl groups is 3. The predicted molar refractivity (Wildman–Crippen MR) is 211 cm³/mol. The van der Waals surface area contributed by atoms with Gasteiger partial charge in [-0.25, -0.2) is 4.79 Å². The molecule has 59 heavy (non-hydrogen) atoms. The number of nitrogens with one attached hydrogen (secondary N) is 3. The van der Waals surface area contributed by atoms with E-state index in [-0.39, 0.29) is 34.8 Å². The number of fused-ring (bicyclic) bond motifs is 3. The topological polar surface area (TPSA) is 271 Å². The van der Waals surface area contributed by atoms with Gasteiger partial charge in [0.05, 0.1) is 6.61 Å². The third kappa shape index (κ3) is 7.32. The molecule has 17 nitrogen and oxygen atoms in total. The first kappa shape index (κ1) is 39.7. The van der Waals surface area contributed by atoms with Gasteiger partial charge in [-0.15, -0.1) is 0 Å². The fourth-order valence-electron chi connectivity index (χ4n) is 8.05. The molecular weight excluding hydrogens is 768 g/mol. The molecule has 17 heteroatoms. The first-order valence-corrected chi connectivity index (χ1v) is 19.0. The summed E-state index contributed by atoms with van der Waals surface area (Å²) >= 11 is 0. The summed E-state index contributed by atoms with van der Waals surface area (Å²) in [6.07, 6.45) is -2.49. The summed E-state index contributed by atoms with van der Waals surface area (Å²) in [5, 5.41) is 73.7. The number of benzene rings is 3. The number of carbonyl (C=O) groups is 1. The van der Waals surface area contributed by atoms with Crippen LogP contribution in [0.3, 0.4) is 0 Å². The molecule has 0 amide bonds. The number of ether oxygens (including phenoxy) is 4. The Morgan fingerprint density at radius 2 is 1.80 bits per heavy atom. The number of aliphatic hydroxyl groups excluding tert-OH is 1. The number of carboxylic acid groups (broad SMARTS) is 1. The number of aromatic amines is 1. The van der Waals surface area contributed by atoms with E-state index in [2.05, 4.69) is 15.6 Å². The number of nitrogens with two attached hydrogens (primary N) is 1. The molecular formula is C42H44N4O13. The van der Waals surface area contributed by atoms with Gasteiger partial charge < -0.3 is 70.0 Å². The summed E-state index contributed by atoms with van der Waals surface area (Å²) in [6.45, 7) is 2.72. The smallest absolute Gasteiger partial charge is 0.336 e. The maximum atomic E-state index is 13.7. The number of hydrogen-bond acceptors (Lipinski definition) is 15. The Hall–Kier alpha value is -6.08. The van der Waals surface area contributed by atoms with Gasteiger partial charge in [-0.1, -0.05) is 19.1 Å². The van der Waals surface area contributed by atoms with Crippen molar-refractivity contribution < 1.29 is 58.8 Å². The Labute approximate surface area is 336 Å². The normalized spacial score (nSPS) is 26.2. The summed E-state index contributed by atoms with van der Waals surface area (Å²) in [6, 6.07) is 17.1. The Kier molecular flexibility index (Phi) is 10.5. The number of aryl methyl sites for hydroxylation is 1. The third-order valence-corrected chi connectivity index (χ3v) is 11.1. The average Bonchev–Trinajstić information content (AvgIpc) is 3.89. The van der Waals surface area contributed by atoms with Gasteiger partial charge >= 0.3 is 5.97 Å². The molecule has 2 bridgehead atoms. The van der Waals surface area contributed by atoms with Crippen molar-refractivity contribution in [3.8, 4) is 40.1 Å². The highest BCUT2D eigenvalue weighted by Gasteiger charge is 2.70. The van der Waals surface area contributed by atoms with Gasteiger partial charge in [0.25, 0.3) is 0 Å². The minimum absolute atomic E-state index is 0.0258. The highest BCUT2D eigenvalue weighted by atomic mass is 16.7. The molecule has 310 valence electrons. The van der Waals surface area contributed by atoms with Crippen molar-refractivity contribution >= 4 is 22.8 Å². The first-order chi connectivity index (χ1) is 28.3. The van der Waals surface area contributed by atoms with E-state index in [1.165, 1.54) is 30.4 Å². The number of nitrogen functional groups attached to an aromatic ring is 1. The van der Waals surface area contributed by atoms with Gasteiger partial charge in [0.15, 0.2) is 28.6 Å². The van der Waals surface area contributed by atoms with Gasteiger partial charge in [0.2, 0.25) is 12.0 Å². The molecule has 0 radical (unpaired) electrons. The summed E-state index contributed by atoms with van der Waals surface area (Å²) in [7, 11) is 0. The second kappa shape index (κ2) is 15.6. The molecule has 4 heterocycles. The average molecular weight is 813 g/mol. The maximum absolute atomic E-state index is 13.7. The van der Waals surface area contributed by atoms with E-state index in [1.54, 1.807) is 42.5 Å². The lowest BCUT2D eigenvalue weighted by Crippen LogP contribution is -2.79. The third-order valence-electron chi connectivity index (χ3n) is 11.1. The van der Waals surface area contributed by atoms with E-state index in [9.17, 15) is 40.2 Å². The van der Waals surface area contributed by atoms with Gasteiger partial charge in [0, 0.05) is 55.0 Å². The van der Waals surface area contributed by atoms with Crippen LogP contribution in [0.15, 0.2) is 88.1 Å². The number of aliphatic carboxylic acids is 1. The van der Waals surface area contributed by atoms with E-state index >= 15 is 0 Å². The lowest BCUT2D eigenvalue weighted by molar-refractivity contribution is -0.342. The highest BCUT2D eigenvalue weighted by Crippen LogP contribution is 2.50. The molecule has 1 aliphatic carbocycles. The number of carboxylic acids is 1. The largest absolute Gasteiger partial charge is 0.508 e. The number of phenols is 2.